The van der Waals surface area contributed by atoms with E-state index in [4.69, 9.17) is 0 Å². The fourth-order valence-corrected chi connectivity index (χ4v) is 3.95. The lowest BCUT2D eigenvalue weighted by Crippen LogP contribution is -2.23. The first-order valence-electron chi connectivity index (χ1n) is 9.18. The first-order valence-corrected chi connectivity index (χ1v) is 10.7. The molecule has 1 heterocycles. The maximum Gasteiger partial charge on any atom is 0.501 e. The standard InChI is InChI=1S/C19H18F3N3O5S/c20-19(21,22)31(29,30)15-7-8-16(17(10-15)25(27)28)23-11-13-3-5-14(6-4-13)12-24-9-1-2-18(24)26/h3-8,10,23H,1-2,9,11-12H2. The molecule has 0 aromatic heterocycles. The molecule has 0 radical (unpaired) electrons. The van der Waals surface area contributed by atoms with Gasteiger partial charge in [0.05, 0.1) is 9.82 Å². The molecule has 0 bridgehead atoms. The molecule has 1 saturated heterocycles. The van der Waals surface area contributed by atoms with Crippen LogP contribution in [0.15, 0.2) is 47.4 Å². The molecule has 1 amide bonds. The minimum Gasteiger partial charge on any atom is -0.375 e. The van der Waals surface area contributed by atoms with E-state index < -0.39 is 30.9 Å². The Morgan fingerprint density at radius 1 is 1.10 bits per heavy atom. The summed E-state index contributed by atoms with van der Waals surface area (Å²) in [6.07, 6.45) is 1.38. The van der Waals surface area contributed by atoms with E-state index in [9.17, 15) is 36.5 Å². The molecule has 0 spiro atoms. The fourth-order valence-electron chi connectivity index (χ4n) is 3.16. The van der Waals surface area contributed by atoms with Crippen LogP contribution in [-0.2, 0) is 27.7 Å². The third kappa shape index (κ3) is 4.95. The van der Waals surface area contributed by atoms with Gasteiger partial charge in [0.15, 0.2) is 0 Å². The number of amides is 1. The summed E-state index contributed by atoms with van der Waals surface area (Å²) in [4.78, 5) is 22.6. The Morgan fingerprint density at radius 2 is 1.74 bits per heavy atom. The monoisotopic (exact) mass is 457 g/mol. The third-order valence-electron chi connectivity index (χ3n) is 4.83. The summed E-state index contributed by atoms with van der Waals surface area (Å²) in [7, 11) is -5.70. The molecule has 1 N–H and O–H groups in total. The van der Waals surface area contributed by atoms with E-state index in [0.29, 0.717) is 31.6 Å². The van der Waals surface area contributed by atoms with Gasteiger partial charge in [0.2, 0.25) is 5.91 Å². The van der Waals surface area contributed by atoms with Crippen LogP contribution < -0.4 is 5.32 Å². The predicted octanol–water partition coefficient (Wildman–Crippen LogP) is 3.62. The lowest BCUT2D eigenvalue weighted by molar-refractivity contribution is -0.384. The second kappa shape index (κ2) is 8.53. The molecule has 1 aliphatic rings. The number of likely N-dealkylation sites (tertiary alicyclic amines) is 1. The molecule has 12 heteroatoms. The predicted molar refractivity (Wildman–Crippen MR) is 105 cm³/mol. The van der Waals surface area contributed by atoms with Crippen LogP contribution in [0, 0.1) is 10.1 Å². The van der Waals surface area contributed by atoms with Crippen molar-refractivity contribution in [3.63, 3.8) is 0 Å². The number of nitrogens with one attached hydrogen (secondary N) is 1. The first-order chi connectivity index (χ1) is 14.5. The molecule has 0 unspecified atom stereocenters. The lowest BCUT2D eigenvalue weighted by Gasteiger charge is -2.15. The van der Waals surface area contributed by atoms with Gasteiger partial charge < -0.3 is 10.2 Å². The highest BCUT2D eigenvalue weighted by atomic mass is 32.2. The number of hydrogen-bond acceptors (Lipinski definition) is 6. The average Bonchev–Trinajstić information content (AvgIpc) is 3.10. The molecular formula is C19H18F3N3O5S. The molecule has 2 aromatic carbocycles. The van der Waals surface area contributed by atoms with Crippen molar-refractivity contribution in [2.45, 2.75) is 36.3 Å². The van der Waals surface area contributed by atoms with Gasteiger partial charge in [-0.05, 0) is 29.7 Å². The number of alkyl halides is 3. The lowest BCUT2D eigenvalue weighted by atomic mass is 10.1. The highest BCUT2D eigenvalue weighted by Crippen LogP contribution is 2.34. The molecule has 2 aromatic rings. The van der Waals surface area contributed by atoms with Crippen LogP contribution in [0.5, 0.6) is 0 Å². The number of anilines is 1. The Labute approximate surface area is 175 Å². The zero-order valence-corrected chi connectivity index (χ0v) is 16.9. The summed E-state index contributed by atoms with van der Waals surface area (Å²) in [5.41, 5.74) is -4.80. The molecule has 1 aliphatic heterocycles. The summed E-state index contributed by atoms with van der Waals surface area (Å²) in [6, 6.07) is 9.15. The summed E-state index contributed by atoms with van der Waals surface area (Å²) in [5.74, 6) is 0.106. The maximum absolute atomic E-state index is 12.7. The number of sulfone groups is 1. The van der Waals surface area contributed by atoms with Crippen LogP contribution in [0.25, 0.3) is 0 Å². The number of carbonyl (C=O) groups excluding carboxylic acids is 1. The topological polar surface area (TPSA) is 110 Å². The zero-order chi connectivity index (χ0) is 22.8. The highest BCUT2D eigenvalue weighted by Gasteiger charge is 2.47. The number of carbonyl (C=O) groups is 1. The second-order valence-electron chi connectivity index (χ2n) is 6.97. The van der Waals surface area contributed by atoms with Crippen molar-refractivity contribution in [1.82, 2.24) is 4.90 Å². The first kappa shape index (κ1) is 22.5. The Bertz CT molecular complexity index is 1100. The van der Waals surface area contributed by atoms with E-state index in [1.165, 1.54) is 0 Å². The number of benzene rings is 2. The van der Waals surface area contributed by atoms with E-state index in [-0.39, 0.29) is 18.1 Å². The smallest absolute Gasteiger partial charge is 0.375 e. The van der Waals surface area contributed by atoms with Crippen LogP contribution in [0.4, 0.5) is 24.5 Å². The maximum atomic E-state index is 12.7. The van der Waals surface area contributed by atoms with Gasteiger partial charge in [-0.15, -0.1) is 0 Å². The zero-order valence-electron chi connectivity index (χ0n) is 16.1. The molecule has 3 rings (SSSR count). The van der Waals surface area contributed by atoms with Crippen LogP contribution in [0.2, 0.25) is 0 Å². The number of hydrogen-bond donors (Lipinski definition) is 1. The van der Waals surface area contributed by atoms with Gasteiger partial charge in [-0.1, -0.05) is 24.3 Å². The van der Waals surface area contributed by atoms with Gasteiger partial charge in [-0.2, -0.15) is 13.2 Å². The molecule has 0 aliphatic carbocycles. The summed E-state index contributed by atoms with van der Waals surface area (Å²) >= 11 is 0. The molecule has 166 valence electrons. The van der Waals surface area contributed by atoms with Gasteiger partial charge >= 0.3 is 5.51 Å². The van der Waals surface area contributed by atoms with E-state index >= 15 is 0 Å². The normalized spacial score (nSPS) is 14.7. The van der Waals surface area contributed by atoms with Crippen LogP contribution in [0.1, 0.15) is 24.0 Å². The third-order valence-corrected chi connectivity index (χ3v) is 6.32. The molecule has 0 saturated carbocycles. The van der Waals surface area contributed by atoms with Crippen LogP contribution >= 0.6 is 0 Å². The highest BCUT2D eigenvalue weighted by molar-refractivity contribution is 7.92. The van der Waals surface area contributed by atoms with E-state index in [0.717, 1.165) is 23.6 Å². The quantitative estimate of drug-likeness (QED) is 0.502. The Kier molecular flexibility index (Phi) is 6.20. The van der Waals surface area contributed by atoms with Gasteiger partial charge in [0.25, 0.3) is 15.5 Å². The van der Waals surface area contributed by atoms with E-state index in [1.54, 1.807) is 17.0 Å². The van der Waals surface area contributed by atoms with Crippen LogP contribution in [0.3, 0.4) is 0 Å². The molecule has 31 heavy (non-hydrogen) atoms. The Hall–Kier alpha value is -3.15. The SMILES string of the molecule is O=C1CCCN1Cc1ccc(CNc2ccc(S(=O)(=O)C(F)(F)F)cc2[N+](=O)[O-])cc1. The summed E-state index contributed by atoms with van der Waals surface area (Å²) in [5, 5.41) is 14.0. The minimum absolute atomic E-state index is 0.106. The molecule has 1 fully saturated rings. The average molecular weight is 457 g/mol. The fraction of sp³-hybridized carbons (Fsp3) is 0.316. The van der Waals surface area contributed by atoms with Crippen molar-refractivity contribution in [3.05, 3.63) is 63.7 Å². The van der Waals surface area contributed by atoms with E-state index in [1.807, 2.05) is 12.1 Å². The number of nitrogens with zero attached hydrogens (tertiary/aromatic N) is 2. The second-order valence-corrected chi connectivity index (χ2v) is 8.92. The van der Waals surface area contributed by atoms with Crippen molar-refractivity contribution >= 4 is 27.1 Å². The van der Waals surface area contributed by atoms with Gasteiger partial charge in [-0.3, -0.25) is 14.9 Å². The van der Waals surface area contributed by atoms with Crippen molar-refractivity contribution < 1.29 is 31.3 Å². The summed E-state index contributed by atoms with van der Waals surface area (Å²) in [6.45, 7) is 1.33. The Morgan fingerprint density at radius 3 is 2.29 bits per heavy atom. The van der Waals surface area contributed by atoms with Crippen molar-refractivity contribution in [3.8, 4) is 0 Å². The summed E-state index contributed by atoms with van der Waals surface area (Å²) < 4.78 is 61.1. The number of rotatable bonds is 7. The van der Waals surface area contributed by atoms with Crippen LogP contribution in [-0.4, -0.2) is 36.2 Å². The van der Waals surface area contributed by atoms with Crippen molar-refractivity contribution in [2.24, 2.45) is 0 Å². The number of nitro benzene ring substituents is 1. The number of halogens is 3. The van der Waals surface area contributed by atoms with Gasteiger partial charge in [0.1, 0.15) is 5.69 Å². The van der Waals surface area contributed by atoms with E-state index in [2.05, 4.69) is 5.32 Å². The van der Waals surface area contributed by atoms with Gasteiger partial charge in [0, 0.05) is 32.1 Å². The van der Waals surface area contributed by atoms with Gasteiger partial charge in [-0.25, -0.2) is 8.42 Å². The molecule has 8 nitrogen and oxygen atoms in total. The molecule has 0 atom stereocenters. The number of nitro groups is 1. The minimum atomic E-state index is -5.70. The molecular weight excluding hydrogens is 439 g/mol. The Balaban J connectivity index is 1.72. The van der Waals surface area contributed by atoms with Crippen molar-refractivity contribution in [2.75, 3.05) is 11.9 Å². The largest absolute Gasteiger partial charge is 0.501 e. The van der Waals surface area contributed by atoms with Crippen molar-refractivity contribution in [1.29, 1.82) is 0 Å².